The van der Waals surface area contributed by atoms with Gasteiger partial charge in [0.15, 0.2) is 0 Å². The van der Waals surface area contributed by atoms with Crippen LogP contribution in [0.5, 0.6) is 0 Å². The number of benzene rings is 1. The predicted octanol–water partition coefficient (Wildman–Crippen LogP) is 3.42. The van der Waals surface area contributed by atoms with Crippen LogP contribution < -0.4 is 0 Å². The van der Waals surface area contributed by atoms with Gasteiger partial charge in [0.05, 0.1) is 5.69 Å². The van der Waals surface area contributed by atoms with E-state index in [1.165, 1.54) is 25.9 Å². The Morgan fingerprint density at radius 1 is 1.29 bits per heavy atom. The van der Waals surface area contributed by atoms with E-state index in [0.717, 1.165) is 29.0 Å². The monoisotopic (exact) mass is 322 g/mol. The van der Waals surface area contributed by atoms with Crippen molar-refractivity contribution in [3.63, 3.8) is 0 Å². The molecule has 1 aromatic heterocycles. The summed E-state index contributed by atoms with van der Waals surface area (Å²) in [6, 6.07) is 7.69. The van der Waals surface area contributed by atoms with E-state index in [2.05, 4.69) is 15.0 Å². The molecule has 0 bridgehead atoms. The van der Waals surface area contributed by atoms with Crippen molar-refractivity contribution >= 4 is 23.4 Å². The van der Waals surface area contributed by atoms with E-state index in [1.807, 2.05) is 35.9 Å². The molecule has 2 aromatic rings. The lowest BCUT2D eigenvalue weighted by Gasteiger charge is -2.12. The second-order valence-corrected chi connectivity index (χ2v) is 6.73. The van der Waals surface area contributed by atoms with Crippen LogP contribution in [-0.4, -0.2) is 45.1 Å². The van der Waals surface area contributed by atoms with Crippen molar-refractivity contribution in [3.8, 4) is 5.69 Å². The number of aromatic nitrogens is 3. The summed E-state index contributed by atoms with van der Waals surface area (Å²) in [6.07, 6.45) is 2.68. The lowest BCUT2D eigenvalue weighted by Crippen LogP contribution is -2.21. The Morgan fingerprint density at radius 3 is 2.86 bits per heavy atom. The molecule has 0 N–H and O–H groups in total. The van der Waals surface area contributed by atoms with Gasteiger partial charge >= 0.3 is 0 Å². The SMILES string of the molecule is Cc1nc(SCCN2CCCC2)nn1-c1cccc(Cl)c1. The molecule has 0 spiro atoms. The van der Waals surface area contributed by atoms with E-state index in [4.69, 9.17) is 11.6 Å². The molecule has 1 aliphatic heterocycles. The summed E-state index contributed by atoms with van der Waals surface area (Å²) >= 11 is 7.76. The number of likely N-dealkylation sites (tertiary alicyclic amines) is 1. The van der Waals surface area contributed by atoms with Crippen LogP contribution in [0.1, 0.15) is 18.7 Å². The van der Waals surface area contributed by atoms with Crippen LogP contribution in [0.3, 0.4) is 0 Å². The van der Waals surface area contributed by atoms with Crippen LogP contribution in [-0.2, 0) is 0 Å². The summed E-state index contributed by atoms with van der Waals surface area (Å²) in [5, 5.41) is 6.13. The molecule has 0 saturated carbocycles. The number of hydrogen-bond donors (Lipinski definition) is 0. The van der Waals surface area contributed by atoms with E-state index in [-0.39, 0.29) is 0 Å². The smallest absolute Gasteiger partial charge is 0.209 e. The van der Waals surface area contributed by atoms with Crippen LogP contribution in [0.2, 0.25) is 5.02 Å². The summed E-state index contributed by atoms with van der Waals surface area (Å²) in [6.45, 7) is 5.57. The van der Waals surface area contributed by atoms with Crippen LogP contribution in [0.15, 0.2) is 29.4 Å². The van der Waals surface area contributed by atoms with Gasteiger partial charge in [0.25, 0.3) is 0 Å². The predicted molar refractivity (Wildman–Crippen MR) is 87.5 cm³/mol. The highest BCUT2D eigenvalue weighted by Gasteiger charge is 2.12. The zero-order valence-electron chi connectivity index (χ0n) is 12.1. The minimum atomic E-state index is 0.714. The fourth-order valence-corrected chi connectivity index (χ4v) is 3.60. The second-order valence-electron chi connectivity index (χ2n) is 5.23. The normalized spacial score (nSPS) is 15.7. The maximum Gasteiger partial charge on any atom is 0.209 e. The van der Waals surface area contributed by atoms with Gasteiger partial charge in [-0.25, -0.2) is 9.67 Å². The molecule has 3 rings (SSSR count). The molecule has 6 heteroatoms. The van der Waals surface area contributed by atoms with Gasteiger partial charge in [-0.05, 0) is 51.1 Å². The Kier molecular flexibility index (Phi) is 4.83. The summed E-state index contributed by atoms with van der Waals surface area (Å²) in [7, 11) is 0. The van der Waals surface area contributed by atoms with Gasteiger partial charge in [-0.2, -0.15) is 0 Å². The van der Waals surface area contributed by atoms with Crippen LogP contribution in [0.25, 0.3) is 5.69 Å². The van der Waals surface area contributed by atoms with Gasteiger partial charge in [-0.1, -0.05) is 29.4 Å². The number of rotatable bonds is 5. The molecule has 0 atom stereocenters. The molecule has 2 heterocycles. The molecular weight excluding hydrogens is 304 g/mol. The van der Waals surface area contributed by atoms with Crippen LogP contribution >= 0.6 is 23.4 Å². The largest absolute Gasteiger partial charge is 0.303 e. The second kappa shape index (κ2) is 6.81. The number of halogens is 1. The minimum Gasteiger partial charge on any atom is -0.303 e. The first-order valence-electron chi connectivity index (χ1n) is 7.27. The van der Waals surface area contributed by atoms with Crippen molar-refractivity contribution in [2.75, 3.05) is 25.4 Å². The molecule has 21 heavy (non-hydrogen) atoms. The molecule has 1 fully saturated rings. The molecule has 0 aliphatic carbocycles. The fourth-order valence-electron chi connectivity index (χ4n) is 2.55. The Bertz CT molecular complexity index is 607. The number of thioether (sulfide) groups is 1. The summed E-state index contributed by atoms with van der Waals surface area (Å²) in [4.78, 5) is 7.04. The number of nitrogens with zero attached hydrogens (tertiary/aromatic N) is 4. The summed E-state index contributed by atoms with van der Waals surface area (Å²) < 4.78 is 1.85. The van der Waals surface area contributed by atoms with Gasteiger partial charge < -0.3 is 4.90 Å². The minimum absolute atomic E-state index is 0.714. The van der Waals surface area contributed by atoms with Crippen molar-refractivity contribution < 1.29 is 0 Å². The highest BCUT2D eigenvalue weighted by atomic mass is 35.5. The molecule has 1 aromatic carbocycles. The van der Waals surface area contributed by atoms with E-state index in [9.17, 15) is 0 Å². The Hall–Kier alpha value is -1.04. The highest BCUT2D eigenvalue weighted by Crippen LogP contribution is 2.19. The average Bonchev–Trinajstić information content (AvgIpc) is 3.09. The number of hydrogen-bond acceptors (Lipinski definition) is 4. The lowest BCUT2D eigenvalue weighted by molar-refractivity contribution is 0.362. The van der Waals surface area contributed by atoms with Crippen molar-refractivity contribution in [2.45, 2.75) is 24.9 Å². The van der Waals surface area contributed by atoms with Gasteiger partial charge in [0, 0.05) is 17.3 Å². The first-order valence-corrected chi connectivity index (χ1v) is 8.63. The van der Waals surface area contributed by atoms with Crippen LogP contribution in [0, 0.1) is 6.92 Å². The molecule has 1 saturated heterocycles. The molecular formula is C15H19ClN4S. The molecule has 112 valence electrons. The third-order valence-corrected chi connectivity index (χ3v) is 4.69. The Morgan fingerprint density at radius 2 is 2.10 bits per heavy atom. The third kappa shape index (κ3) is 3.78. The lowest BCUT2D eigenvalue weighted by atomic mass is 10.3. The summed E-state index contributed by atoms with van der Waals surface area (Å²) in [5.74, 6) is 1.93. The average molecular weight is 323 g/mol. The van der Waals surface area contributed by atoms with E-state index in [0.29, 0.717) is 5.02 Å². The molecule has 1 aliphatic rings. The van der Waals surface area contributed by atoms with Gasteiger partial charge in [-0.15, -0.1) is 5.10 Å². The molecule has 0 amide bonds. The van der Waals surface area contributed by atoms with E-state index >= 15 is 0 Å². The first kappa shape index (κ1) is 14.9. The maximum atomic E-state index is 6.04. The van der Waals surface area contributed by atoms with E-state index in [1.54, 1.807) is 11.8 Å². The van der Waals surface area contributed by atoms with Crippen molar-refractivity contribution in [1.82, 2.24) is 19.7 Å². The highest BCUT2D eigenvalue weighted by molar-refractivity contribution is 7.99. The Balaban J connectivity index is 1.63. The quantitative estimate of drug-likeness (QED) is 0.790. The Labute approximate surface area is 134 Å². The first-order chi connectivity index (χ1) is 10.2. The zero-order valence-corrected chi connectivity index (χ0v) is 13.7. The third-order valence-electron chi connectivity index (χ3n) is 3.64. The van der Waals surface area contributed by atoms with E-state index < -0.39 is 0 Å². The van der Waals surface area contributed by atoms with Gasteiger partial charge in [0.1, 0.15) is 5.82 Å². The zero-order chi connectivity index (χ0) is 14.7. The topological polar surface area (TPSA) is 34.0 Å². The van der Waals surface area contributed by atoms with Crippen molar-refractivity contribution in [1.29, 1.82) is 0 Å². The maximum absolute atomic E-state index is 6.04. The molecule has 0 unspecified atom stereocenters. The number of aryl methyl sites for hydroxylation is 1. The van der Waals surface area contributed by atoms with Crippen molar-refractivity contribution in [2.24, 2.45) is 0 Å². The van der Waals surface area contributed by atoms with Crippen molar-refractivity contribution in [3.05, 3.63) is 35.1 Å². The molecule has 4 nitrogen and oxygen atoms in total. The van der Waals surface area contributed by atoms with Crippen LogP contribution in [0.4, 0.5) is 0 Å². The molecule has 0 radical (unpaired) electrons. The standard InChI is InChI=1S/C15H19ClN4S/c1-12-17-15(21-10-9-19-7-2-3-8-19)18-20(12)14-6-4-5-13(16)11-14/h4-6,11H,2-3,7-10H2,1H3. The van der Waals surface area contributed by atoms with Gasteiger partial charge in [0.2, 0.25) is 5.16 Å². The fraction of sp³-hybridized carbons (Fsp3) is 0.467. The summed E-state index contributed by atoms with van der Waals surface area (Å²) in [5.41, 5.74) is 0.957. The van der Waals surface area contributed by atoms with Gasteiger partial charge in [-0.3, -0.25) is 0 Å².